The van der Waals surface area contributed by atoms with Gasteiger partial charge in [0.2, 0.25) is 16.1 Å². The van der Waals surface area contributed by atoms with Crippen LogP contribution in [0.15, 0.2) is 59.9 Å². The second kappa shape index (κ2) is 7.44. The molecule has 0 amide bonds. The molecular formula is C19H13Cl3N2O. The minimum atomic E-state index is -1.51. The van der Waals surface area contributed by atoms with Crippen LogP contribution in [0.5, 0.6) is 0 Å². The van der Waals surface area contributed by atoms with E-state index in [-0.39, 0.29) is 0 Å². The van der Waals surface area contributed by atoms with Crippen molar-refractivity contribution in [3.8, 4) is 11.1 Å². The summed E-state index contributed by atoms with van der Waals surface area (Å²) in [5, 5.41) is 7.42. The van der Waals surface area contributed by atoms with Gasteiger partial charge in [0.25, 0.3) is 0 Å². The van der Waals surface area contributed by atoms with Gasteiger partial charge in [-0.2, -0.15) is 0 Å². The molecule has 0 saturated carbocycles. The van der Waals surface area contributed by atoms with Crippen molar-refractivity contribution in [2.75, 3.05) is 0 Å². The molecule has 0 N–H and O–H groups in total. The lowest BCUT2D eigenvalue weighted by Gasteiger charge is -2.16. The average molecular weight is 392 g/mol. The van der Waals surface area contributed by atoms with E-state index in [1.165, 1.54) is 6.39 Å². The standard InChI is InChI=1S/C19H13Cl3N2O/c1-2-14-8-9-16(11-17(14)19(20,21)22)15-6-3-13(4-7-15)5-10-18-24-23-12-25-18/h2-12H,1H2/b10-5+. The Kier molecular flexibility index (Phi) is 5.28. The van der Waals surface area contributed by atoms with Gasteiger partial charge >= 0.3 is 0 Å². The third kappa shape index (κ3) is 4.31. The van der Waals surface area contributed by atoms with Crippen LogP contribution in [0.25, 0.3) is 29.4 Å². The Morgan fingerprint density at radius 3 is 2.28 bits per heavy atom. The maximum atomic E-state index is 6.07. The first-order chi connectivity index (χ1) is 12.0. The zero-order valence-electron chi connectivity index (χ0n) is 13.0. The molecule has 1 aromatic heterocycles. The fourth-order valence-corrected chi connectivity index (χ4v) is 2.86. The summed E-state index contributed by atoms with van der Waals surface area (Å²) in [5.41, 5.74) is 4.37. The van der Waals surface area contributed by atoms with Gasteiger partial charge in [0.15, 0.2) is 0 Å². The Balaban J connectivity index is 1.88. The molecule has 25 heavy (non-hydrogen) atoms. The molecule has 0 aliphatic heterocycles. The Morgan fingerprint density at radius 2 is 1.68 bits per heavy atom. The van der Waals surface area contributed by atoms with Gasteiger partial charge in [-0.25, -0.2) is 0 Å². The highest BCUT2D eigenvalue weighted by Crippen LogP contribution is 2.42. The van der Waals surface area contributed by atoms with Crippen molar-refractivity contribution in [1.29, 1.82) is 0 Å². The van der Waals surface area contributed by atoms with E-state index in [0.29, 0.717) is 11.5 Å². The number of hydrogen-bond acceptors (Lipinski definition) is 3. The number of benzene rings is 2. The van der Waals surface area contributed by atoms with Crippen LogP contribution in [0.2, 0.25) is 0 Å². The molecule has 0 saturated heterocycles. The maximum absolute atomic E-state index is 6.07. The summed E-state index contributed by atoms with van der Waals surface area (Å²) in [6.45, 7) is 3.76. The Bertz CT molecular complexity index is 895. The minimum Gasteiger partial charge on any atom is -0.424 e. The highest BCUT2D eigenvalue weighted by Gasteiger charge is 2.25. The fourth-order valence-electron chi connectivity index (χ4n) is 2.37. The summed E-state index contributed by atoms with van der Waals surface area (Å²) in [4.78, 5) is 0. The second-order valence-electron chi connectivity index (χ2n) is 5.24. The average Bonchev–Trinajstić information content (AvgIpc) is 3.13. The predicted octanol–water partition coefficient (Wildman–Crippen LogP) is 6.38. The topological polar surface area (TPSA) is 38.9 Å². The molecule has 0 unspecified atom stereocenters. The van der Waals surface area contributed by atoms with Crippen LogP contribution in [-0.2, 0) is 3.79 Å². The Morgan fingerprint density at radius 1 is 0.960 bits per heavy atom. The molecule has 0 bridgehead atoms. The van der Waals surface area contributed by atoms with Crippen molar-refractivity contribution in [3.63, 3.8) is 0 Å². The van der Waals surface area contributed by atoms with Crippen LogP contribution >= 0.6 is 34.8 Å². The lowest BCUT2D eigenvalue weighted by molar-refractivity contribution is 0.543. The van der Waals surface area contributed by atoms with Gasteiger partial charge in [-0.1, -0.05) is 83.9 Å². The molecule has 0 spiro atoms. The molecule has 0 atom stereocenters. The van der Waals surface area contributed by atoms with Gasteiger partial charge in [-0.3, -0.25) is 0 Å². The first kappa shape index (κ1) is 17.7. The van der Waals surface area contributed by atoms with Gasteiger partial charge in [0, 0.05) is 11.6 Å². The summed E-state index contributed by atoms with van der Waals surface area (Å²) < 4.78 is 3.55. The van der Waals surface area contributed by atoms with Gasteiger partial charge in [-0.05, 0) is 34.4 Å². The van der Waals surface area contributed by atoms with E-state index in [0.717, 1.165) is 22.3 Å². The van der Waals surface area contributed by atoms with Crippen molar-refractivity contribution in [3.05, 3.63) is 78.0 Å². The lowest BCUT2D eigenvalue weighted by atomic mass is 9.98. The van der Waals surface area contributed by atoms with Gasteiger partial charge in [-0.15, -0.1) is 10.2 Å². The number of hydrogen-bond donors (Lipinski definition) is 0. The summed E-state index contributed by atoms with van der Waals surface area (Å²) in [6, 6.07) is 13.7. The molecule has 0 aliphatic rings. The van der Waals surface area contributed by atoms with E-state index in [1.807, 2.05) is 48.5 Å². The third-order valence-electron chi connectivity index (χ3n) is 3.62. The SMILES string of the molecule is C=Cc1ccc(-c2ccc(/C=C/c3nnco3)cc2)cc1C(Cl)(Cl)Cl. The highest BCUT2D eigenvalue weighted by molar-refractivity contribution is 6.66. The molecule has 1 heterocycles. The molecule has 0 radical (unpaired) electrons. The third-order valence-corrected chi connectivity index (χ3v) is 4.23. The number of halogens is 3. The molecule has 126 valence electrons. The van der Waals surface area contributed by atoms with Gasteiger partial charge in [0.1, 0.15) is 0 Å². The van der Waals surface area contributed by atoms with Crippen molar-refractivity contribution in [2.24, 2.45) is 0 Å². The molecule has 0 aliphatic carbocycles. The second-order valence-corrected chi connectivity index (χ2v) is 7.52. The molecule has 6 heteroatoms. The number of alkyl halides is 3. The normalized spacial score (nSPS) is 11.8. The molecule has 3 nitrogen and oxygen atoms in total. The van der Waals surface area contributed by atoms with Crippen LogP contribution in [0.3, 0.4) is 0 Å². The molecule has 2 aromatic carbocycles. The van der Waals surface area contributed by atoms with Gasteiger partial charge in [0.05, 0.1) is 0 Å². The number of aromatic nitrogens is 2. The van der Waals surface area contributed by atoms with Crippen LogP contribution in [0.1, 0.15) is 22.6 Å². The van der Waals surface area contributed by atoms with E-state index in [9.17, 15) is 0 Å². The first-order valence-electron chi connectivity index (χ1n) is 7.36. The van der Waals surface area contributed by atoms with Crippen molar-refractivity contribution in [2.45, 2.75) is 3.79 Å². The Hall–Kier alpha value is -2.07. The van der Waals surface area contributed by atoms with Gasteiger partial charge < -0.3 is 4.42 Å². The quantitative estimate of drug-likeness (QED) is 0.485. The fraction of sp³-hybridized carbons (Fsp3) is 0.0526. The summed E-state index contributed by atoms with van der Waals surface area (Å²) in [7, 11) is 0. The number of nitrogens with zero attached hydrogens (tertiary/aromatic N) is 2. The van der Waals surface area contributed by atoms with E-state index in [1.54, 1.807) is 12.2 Å². The van der Waals surface area contributed by atoms with Crippen molar-refractivity contribution < 1.29 is 4.42 Å². The lowest BCUT2D eigenvalue weighted by Crippen LogP contribution is -2.03. The zero-order valence-corrected chi connectivity index (χ0v) is 15.3. The molecule has 3 rings (SSSR count). The van der Waals surface area contributed by atoms with Crippen LogP contribution in [0.4, 0.5) is 0 Å². The first-order valence-corrected chi connectivity index (χ1v) is 8.49. The summed E-state index contributed by atoms with van der Waals surface area (Å²) in [5.74, 6) is 0.455. The van der Waals surface area contributed by atoms with E-state index in [4.69, 9.17) is 39.2 Å². The molecule has 0 fully saturated rings. The van der Waals surface area contributed by atoms with Crippen LogP contribution < -0.4 is 0 Å². The summed E-state index contributed by atoms with van der Waals surface area (Å²) >= 11 is 18.2. The monoisotopic (exact) mass is 390 g/mol. The number of rotatable bonds is 4. The predicted molar refractivity (Wildman–Crippen MR) is 104 cm³/mol. The highest BCUT2D eigenvalue weighted by atomic mass is 35.6. The van der Waals surface area contributed by atoms with E-state index < -0.39 is 3.79 Å². The largest absolute Gasteiger partial charge is 0.424 e. The zero-order chi connectivity index (χ0) is 17.9. The minimum absolute atomic E-state index is 0.455. The Labute approximate surface area is 160 Å². The van der Waals surface area contributed by atoms with Crippen molar-refractivity contribution >= 4 is 53.0 Å². The van der Waals surface area contributed by atoms with Crippen LogP contribution in [0, 0.1) is 0 Å². The van der Waals surface area contributed by atoms with E-state index in [2.05, 4.69) is 16.8 Å². The maximum Gasteiger partial charge on any atom is 0.240 e. The molecule has 3 aromatic rings. The van der Waals surface area contributed by atoms with Crippen molar-refractivity contribution in [1.82, 2.24) is 10.2 Å². The smallest absolute Gasteiger partial charge is 0.240 e. The van der Waals surface area contributed by atoms with E-state index >= 15 is 0 Å². The molecular weight excluding hydrogens is 379 g/mol. The summed E-state index contributed by atoms with van der Waals surface area (Å²) in [6.07, 6.45) is 6.61. The van der Waals surface area contributed by atoms with Crippen LogP contribution in [-0.4, -0.2) is 10.2 Å².